The van der Waals surface area contributed by atoms with Gasteiger partial charge in [-0.2, -0.15) is 0 Å². The highest BCUT2D eigenvalue weighted by molar-refractivity contribution is 7.99. The lowest BCUT2D eigenvalue weighted by molar-refractivity contribution is -0.134. The summed E-state index contributed by atoms with van der Waals surface area (Å²) < 4.78 is 1.69. The molecule has 1 unspecified atom stereocenters. The number of aryl methyl sites for hydroxylation is 1. The number of rotatable bonds is 7. The second kappa shape index (κ2) is 7.28. The molecule has 1 heterocycles. The molecule has 1 aromatic rings. The van der Waals surface area contributed by atoms with Crippen molar-refractivity contribution in [3.8, 4) is 0 Å². The maximum atomic E-state index is 12.4. The third-order valence-electron chi connectivity index (χ3n) is 2.98. The van der Waals surface area contributed by atoms with Crippen LogP contribution in [0.5, 0.6) is 0 Å². The Balaban J connectivity index is 2.96. The minimum Gasteiger partial charge on any atom is -0.481 e. The van der Waals surface area contributed by atoms with E-state index >= 15 is 0 Å². The molecule has 7 nitrogen and oxygen atoms in total. The number of likely N-dealkylation sites (N-methyl/N-ethyl adjacent to an activating group) is 1. The first-order valence-corrected chi connectivity index (χ1v) is 7.45. The quantitative estimate of drug-likeness (QED) is 0.761. The molecule has 0 radical (unpaired) electrons. The number of thioether (sulfide) groups is 1. The maximum absolute atomic E-state index is 12.4. The summed E-state index contributed by atoms with van der Waals surface area (Å²) in [5, 5.41) is 17.1. The van der Waals surface area contributed by atoms with Gasteiger partial charge in [-0.05, 0) is 27.7 Å². The summed E-state index contributed by atoms with van der Waals surface area (Å²) in [6.07, 6.45) is 0. The predicted molar refractivity (Wildman–Crippen MR) is 75.8 cm³/mol. The molecule has 8 heteroatoms. The van der Waals surface area contributed by atoms with Crippen LogP contribution < -0.4 is 0 Å². The van der Waals surface area contributed by atoms with Gasteiger partial charge in [0.15, 0.2) is 5.16 Å². The Bertz CT molecular complexity index is 485. The smallest absolute Gasteiger partial charge is 0.313 e. The van der Waals surface area contributed by atoms with Gasteiger partial charge < -0.3 is 10.0 Å². The third kappa shape index (κ3) is 3.72. The molecule has 1 atom stereocenters. The lowest BCUT2D eigenvalue weighted by Gasteiger charge is -2.24. The highest BCUT2D eigenvalue weighted by atomic mass is 32.2. The van der Waals surface area contributed by atoms with E-state index in [1.165, 1.54) is 0 Å². The van der Waals surface area contributed by atoms with E-state index in [1.807, 2.05) is 13.8 Å². The second-order valence-corrected chi connectivity index (χ2v) is 5.21. The summed E-state index contributed by atoms with van der Waals surface area (Å²) >= 11 is 1.07. The first kappa shape index (κ1) is 16.5. The second-order valence-electron chi connectivity index (χ2n) is 4.27. The van der Waals surface area contributed by atoms with E-state index in [0.29, 0.717) is 24.1 Å². The molecule has 0 fully saturated rings. The van der Waals surface area contributed by atoms with Crippen molar-refractivity contribution in [2.45, 2.75) is 38.9 Å². The Morgan fingerprint density at radius 1 is 1.35 bits per heavy atom. The van der Waals surface area contributed by atoms with Crippen molar-refractivity contribution in [2.75, 3.05) is 18.8 Å². The lowest BCUT2D eigenvalue weighted by Crippen LogP contribution is -2.36. The van der Waals surface area contributed by atoms with Gasteiger partial charge in [-0.25, -0.2) is 0 Å². The molecule has 1 amide bonds. The summed E-state index contributed by atoms with van der Waals surface area (Å²) in [6.45, 7) is 8.66. The van der Waals surface area contributed by atoms with Crippen molar-refractivity contribution in [3.05, 3.63) is 5.82 Å². The zero-order valence-corrected chi connectivity index (χ0v) is 13.0. The monoisotopic (exact) mass is 300 g/mol. The van der Waals surface area contributed by atoms with Crippen molar-refractivity contribution in [2.24, 2.45) is 0 Å². The number of hydrogen-bond acceptors (Lipinski definition) is 5. The van der Waals surface area contributed by atoms with Crippen molar-refractivity contribution in [1.29, 1.82) is 0 Å². The Morgan fingerprint density at radius 3 is 2.45 bits per heavy atom. The molecule has 0 saturated carbocycles. The summed E-state index contributed by atoms with van der Waals surface area (Å²) in [5.74, 6) is -0.449. The highest BCUT2D eigenvalue weighted by Gasteiger charge is 2.24. The first-order chi connectivity index (χ1) is 9.42. The van der Waals surface area contributed by atoms with Gasteiger partial charge in [-0.3, -0.25) is 14.2 Å². The van der Waals surface area contributed by atoms with Gasteiger partial charge in [0.25, 0.3) is 0 Å². The number of carboxylic acid groups (broad SMARTS) is 1. The van der Waals surface area contributed by atoms with E-state index < -0.39 is 12.0 Å². The van der Waals surface area contributed by atoms with Crippen molar-refractivity contribution in [1.82, 2.24) is 19.7 Å². The fourth-order valence-corrected chi connectivity index (χ4v) is 2.71. The number of carbonyl (C=O) groups is 2. The molecule has 20 heavy (non-hydrogen) atoms. The first-order valence-electron chi connectivity index (χ1n) is 6.47. The molecular formula is C12H20N4O3S. The van der Waals surface area contributed by atoms with Crippen LogP contribution >= 0.6 is 11.8 Å². The van der Waals surface area contributed by atoms with Gasteiger partial charge >= 0.3 is 5.97 Å². The van der Waals surface area contributed by atoms with Crippen molar-refractivity contribution < 1.29 is 14.7 Å². The lowest BCUT2D eigenvalue weighted by atomic mass is 10.2. The zero-order valence-electron chi connectivity index (χ0n) is 12.2. The average Bonchev–Trinajstić information content (AvgIpc) is 2.78. The average molecular weight is 300 g/mol. The molecule has 112 valence electrons. The van der Waals surface area contributed by atoms with Gasteiger partial charge in [-0.15, -0.1) is 10.2 Å². The van der Waals surface area contributed by atoms with E-state index in [9.17, 15) is 9.59 Å². The van der Waals surface area contributed by atoms with E-state index in [0.717, 1.165) is 11.8 Å². The topological polar surface area (TPSA) is 88.3 Å². The summed E-state index contributed by atoms with van der Waals surface area (Å²) in [4.78, 5) is 24.7. The zero-order chi connectivity index (χ0) is 15.3. The predicted octanol–water partition coefficient (Wildman–Crippen LogP) is 1.19. The van der Waals surface area contributed by atoms with Gasteiger partial charge in [0.2, 0.25) is 5.91 Å². The van der Waals surface area contributed by atoms with Crippen LogP contribution in [0.25, 0.3) is 0 Å². The summed E-state index contributed by atoms with van der Waals surface area (Å²) in [5.41, 5.74) is 0. The molecule has 0 saturated heterocycles. The maximum Gasteiger partial charge on any atom is 0.313 e. The van der Waals surface area contributed by atoms with Crippen molar-refractivity contribution in [3.63, 3.8) is 0 Å². The normalized spacial score (nSPS) is 12.2. The molecule has 1 rings (SSSR count). The van der Waals surface area contributed by atoms with E-state index in [4.69, 9.17) is 5.11 Å². The van der Waals surface area contributed by atoms with Gasteiger partial charge in [0, 0.05) is 13.1 Å². The van der Waals surface area contributed by atoms with Crippen LogP contribution in [0.4, 0.5) is 0 Å². The molecule has 0 bridgehead atoms. The van der Waals surface area contributed by atoms with Crippen LogP contribution in [0.15, 0.2) is 5.16 Å². The number of aromatic nitrogens is 3. The van der Waals surface area contributed by atoms with Gasteiger partial charge in [0.1, 0.15) is 11.9 Å². The fraction of sp³-hybridized carbons (Fsp3) is 0.667. The van der Waals surface area contributed by atoms with Crippen LogP contribution in [0.1, 0.15) is 32.6 Å². The molecule has 0 aromatic carbocycles. The number of amides is 1. The molecular weight excluding hydrogens is 280 g/mol. The number of hydrogen-bond donors (Lipinski definition) is 1. The summed E-state index contributed by atoms with van der Waals surface area (Å²) in [7, 11) is 0. The molecule has 0 aliphatic heterocycles. The Morgan fingerprint density at radius 2 is 1.95 bits per heavy atom. The number of carbonyl (C=O) groups excluding carboxylic acids is 1. The fourth-order valence-electron chi connectivity index (χ4n) is 1.93. The summed E-state index contributed by atoms with van der Waals surface area (Å²) in [6, 6.07) is -0.443. The minimum atomic E-state index is -0.926. The van der Waals surface area contributed by atoms with Crippen LogP contribution in [-0.4, -0.2) is 55.5 Å². The number of nitrogens with zero attached hydrogens (tertiary/aromatic N) is 4. The minimum absolute atomic E-state index is 0.0184. The third-order valence-corrected chi connectivity index (χ3v) is 3.91. The van der Waals surface area contributed by atoms with Crippen LogP contribution in [-0.2, 0) is 9.59 Å². The van der Waals surface area contributed by atoms with E-state index in [2.05, 4.69) is 10.2 Å². The number of carboxylic acids is 1. The van der Waals surface area contributed by atoms with Crippen molar-refractivity contribution >= 4 is 23.6 Å². The standard InChI is InChI=1S/C12H20N4O3S/c1-5-15(6-2)11(19)8(3)16-9(4)13-14-12(16)20-7-10(17)18/h8H,5-7H2,1-4H3,(H,17,18). The van der Waals surface area contributed by atoms with Crippen LogP contribution in [0, 0.1) is 6.92 Å². The highest BCUT2D eigenvalue weighted by Crippen LogP contribution is 2.22. The molecule has 1 aromatic heterocycles. The van der Waals surface area contributed by atoms with E-state index in [1.54, 1.807) is 23.3 Å². The van der Waals surface area contributed by atoms with Crippen LogP contribution in [0.3, 0.4) is 0 Å². The molecule has 0 aliphatic carbocycles. The molecule has 1 N–H and O–H groups in total. The Labute approximate surface area is 122 Å². The SMILES string of the molecule is CCN(CC)C(=O)C(C)n1c(C)nnc1SCC(=O)O. The number of aliphatic carboxylic acids is 1. The molecule has 0 spiro atoms. The van der Waals surface area contributed by atoms with E-state index in [-0.39, 0.29) is 11.7 Å². The van der Waals surface area contributed by atoms with Crippen LogP contribution in [0.2, 0.25) is 0 Å². The molecule has 0 aliphatic rings. The largest absolute Gasteiger partial charge is 0.481 e. The van der Waals surface area contributed by atoms with Gasteiger partial charge in [-0.1, -0.05) is 11.8 Å². The Kier molecular flexibility index (Phi) is 6.00. The van der Waals surface area contributed by atoms with Gasteiger partial charge in [0.05, 0.1) is 5.75 Å². The Hall–Kier alpha value is -1.57.